The Morgan fingerprint density at radius 1 is 1.47 bits per heavy atom. The van der Waals surface area contributed by atoms with E-state index in [0.29, 0.717) is 0 Å². The standard InChI is InChI=1S/C12H23N3/c1-4-14-12(3,9-13)10-15-7-5-11(2)6-8-15/h11,14H,4-8,10H2,1-3H3. The van der Waals surface area contributed by atoms with Crippen LogP contribution < -0.4 is 5.32 Å². The topological polar surface area (TPSA) is 39.1 Å². The summed E-state index contributed by atoms with van der Waals surface area (Å²) in [6.45, 7) is 10.3. The zero-order chi connectivity index (χ0) is 11.3. The molecule has 1 aliphatic heterocycles. The molecule has 1 fully saturated rings. The summed E-state index contributed by atoms with van der Waals surface area (Å²) >= 11 is 0. The number of piperidine rings is 1. The van der Waals surface area contributed by atoms with Crippen molar-refractivity contribution in [2.24, 2.45) is 5.92 Å². The van der Waals surface area contributed by atoms with Crippen LogP contribution in [0.2, 0.25) is 0 Å². The first kappa shape index (κ1) is 12.5. The van der Waals surface area contributed by atoms with Gasteiger partial charge in [0, 0.05) is 6.54 Å². The van der Waals surface area contributed by atoms with E-state index < -0.39 is 0 Å². The monoisotopic (exact) mass is 209 g/mol. The second-order valence-electron chi connectivity index (χ2n) is 4.93. The number of likely N-dealkylation sites (tertiary alicyclic amines) is 1. The Balaban J connectivity index is 2.42. The second-order valence-corrected chi connectivity index (χ2v) is 4.93. The molecule has 1 aliphatic rings. The number of nitrogens with one attached hydrogen (secondary N) is 1. The summed E-state index contributed by atoms with van der Waals surface area (Å²) < 4.78 is 0. The van der Waals surface area contributed by atoms with E-state index in [2.05, 4.69) is 23.2 Å². The molecule has 0 aliphatic carbocycles. The third-order valence-electron chi connectivity index (χ3n) is 3.23. The zero-order valence-electron chi connectivity index (χ0n) is 10.2. The van der Waals surface area contributed by atoms with Gasteiger partial charge in [-0.3, -0.25) is 5.32 Å². The molecule has 1 saturated heterocycles. The molecule has 1 heterocycles. The number of nitrogens with zero attached hydrogens (tertiary/aromatic N) is 2. The van der Waals surface area contributed by atoms with E-state index in [0.717, 1.165) is 32.1 Å². The van der Waals surface area contributed by atoms with Gasteiger partial charge in [0.1, 0.15) is 5.54 Å². The van der Waals surface area contributed by atoms with Crippen LogP contribution in [0.15, 0.2) is 0 Å². The predicted octanol–water partition coefficient (Wildman–Crippen LogP) is 1.61. The Kier molecular flexibility index (Phi) is 4.56. The second kappa shape index (κ2) is 5.48. The maximum atomic E-state index is 9.16. The predicted molar refractivity (Wildman–Crippen MR) is 62.5 cm³/mol. The first-order valence-corrected chi connectivity index (χ1v) is 5.98. The van der Waals surface area contributed by atoms with Crippen LogP contribution >= 0.6 is 0 Å². The minimum Gasteiger partial charge on any atom is -0.300 e. The molecule has 1 atom stereocenters. The minimum absolute atomic E-state index is 0.380. The fourth-order valence-electron chi connectivity index (χ4n) is 2.19. The van der Waals surface area contributed by atoms with Gasteiger partial charge >= 0.3 is 0 Å². The molecule has 0 amide bonds. The van der Waals surface area contributed by atoms with Gasteiger partial charge in [-0.25, -0.2) is 0 Å². The molecule has 3 heteroatoms. The molecular weight excluding hydrogens is 186 g/mol. The molecule has 3 nitrogen and oxygen atoms in total. The van der Waals surface area contributed by atoms with Crippen LogP contribution in [0.4, 0.5) is 0 Å². The number of nitriles is 1. The Morgan fingerprint density at radius 2 is 2.07 bits per heavy atom. The van der Waals surface area contributed by atoms with Crippen molar-refractivity contribution in [2.45, 2.75) is 39.2 Å². The van der Waals surface area contributed by atoms with Gasteiger partial charge in [-0.2, -0.15) is 5.26 Å². The average Bonchev–Trinajstić information content (AvgIpc) is 2.22. The molecule has 1 N–H and O–H groups in total. The maximum absolute atomic E-state index is 9.16. The molecule has 1 rings (SSSR count). The molecule has 0 aromatic rings. The Bertz CT molecular complexity index is 226. The van der Waals surface area contributed by atoms with Crippen molar-refractivity contribution in [1.29, 1.82) is 5.26 Å². The van der Waals surface area contributed by atoms with Crippen molar-refractivity contribution in [2.75, 3.05) is 26.2 Å². The first-order valence-electron chi connectivity index (χ1n) is 5.98. The minimum atomic E-state index is -0.380. The quantitative estimate of drug-likeness (QED) is 0.764. The lowest BCUT2D eigenvalue weighted by Crippen LogP contribution is -2.51. The molecule has 0 saturated carbocycles. The van der Waals surface area contributed by atoms with E-state index in [4.69, 9.17) is 5.26 Å². The highest BCUT2D eigenvalue weighted by molar-refractivity contribution is 5.05. The van der Waals surface area contributed by atoms with Gasteiger partial charge in [-0.05, 0) is 45.3 Å². The van der Waals surface area contributed by atoms with Crippen molar-refractivity contribution < 1.29 is 0 Å². The van der Waals surface area contributed by atoms with Crippen LogP contribution in [0, 0.1) is 17.2 Å². The van der Waals surface area contributed by atoms with Gasteiger partial charge in [0.15, 0.2) is 0 Å². The van der Waals surface area contributed by atoms with Crippen molar-refractivity contribution in [3.63, 3.8) is 0 Å². The summed E-state index contributed by atoms with van der Waals surface area (Å²) in [7, 11) is 0. The molecule has 0 bridgehead atoms. The van der Waals surface area contributed by atoms with E-state index in [-0.39, 0.29) is 5.54 Å². The summed E-state index contributed by atoms with van der Waals surface area (Å²) in [4.78, 5) is 2.41. The summed E-state index contributed by atoms with van der Waals surface area (Å²) in [5.74, 6) is 0.855. The van der Waals surface area contributed by atoms with E-state index in [1.807, 2.05) is 13.8 Å². The molecule has 1 unspecified atom stereocenters. The third-order valence-corrected chi connectivity index (χ3v) is 3.23. The fraction of sp³-hybridized carbons (Fsp3) is 0.917. The normalized spacial score (nSPS) is 23.3. The molecule has 86 valence electrons. The zero-order valence-corrected chi connectivity index (χ0v) is 10.2. The highest BCUT2D eigenvalue weighted by Gasteiger charge is 2.27. The molecule has 0 aromatic heterocycles. The average molecular weight is 209 g/mol. The van der Waals surface area contributed by atoms with Crippen molar-refractivity contribution in [3.05, 3.63) is 0 Å². The lowest BCUT2D eigenvalue weighted by atomic mass is 9.96. The van der Waals surface area contributed by atoms with Gasteiger partial charge < -0.3 is 4.90 Å². The van der Waals surface area contributed by atoms with Crippen LogP contribution in [-0.4, -0.2) is 36.6 Å². The summed E-state index contributed by atoms with van der Waals surface area (Å²) in [5.41, 5.74) is -0.380. The number of hydrogen-bond acceptors (Lipinski definition) is 3. The van der Waals surface area contributed by atoms with Crippen LogP contribution in [0.1, 0.15) is 33.6 Å². The SMILES string of the molecule is CCNC(C)(C#N)CN1CCC(C)CC1. The fourth-order valence-corrected chi connectivity index (χ4v) is 2.19. The van der Waals surface area contributed by atoms with Gasteiger partial charge in [0.2, 0.25) is 0 Å². The highest BCUT2D eigenvalue weighted by atomic mass is 15.2. The highest BCUT2D eigenvalue weighted by Crippen LogP contribution is 2.17. The van der Waals surface area contributed by atoms with Crippen molar-refractivity contribution in [1.82, 2.24) is 10.2 Å². The lowest BCUT2D eigenvalue weighted by molar-refractivity contribution is 0.162. The van der Waals surface area contributed by atoms with Crippen LogP contribution in [0.5, 0.6) is 0 Å². The van der Waals surface area contributed by atoms with Gasteiger partial charge in [0.25, 0.3) is 0 Å². The molecule has 0 radical (unpaired) electrons. The Labute approximate surface area is 93.5 Å². The van der Waals surface area contributed by atoms with Crippen LogP contribution in [0.3, 0.4) is 0 Å². The molecule has 15 heavy (non-hydrogen) atoms. The third kappa shape index (κ3) is 3.81. The first-order chi connectivity index (χ1) is 7.09. The maximum Gasteiger partial charge on any atom is 0.116 e. The number of likely N-dealkylation sites (N-methyl/N-ethyl adjacent to an activating group) is 1. The Morgan fingerprint density at radius 3 is 2.53 bits per heavy atom. The smallest absolute Gasteiger partial charge is 0.116 e. The summed E-state index contributed by atoms with van der Waals surface area (Å²) in [6.07, 6.45) is 2.54. The van der Waals surface area contributed by atoms with E-state index >= 15 is 0 Å². The molecule has 0 spiro atoms. The van der Waals surface area contributed by atoms with Crippen LogP contribution in [0.25, 0.3) is 0 Å². The largest absolute Gasteiger partial charge is 0.300 e. The van der Waals surface area contributed by atoms with E-state index in [1.54, 1.807) is 0 Å². The van der Waals surface area contributed by atoms with Crippen LogP contribution in [-0.2, 0) is 0 Å². The summed E-state index contributed by atoms with van der Waals surface area (Å²) in [5, 5.41) is 12.4. The number of hydrogen-bond donors (Lipinski definition) is 1. The van der Waals surface area contributed by atoms with Gasteiger partial charge in [-0.1, -0.05) is 13.8 Å². The van der Waals surface area contributed by atoms with Gasteiger partial charge in [0.05, 0.1) is 6.07 Å². The van der Waals surface area contributed by atoms with E-state index in [1.165, 1.54) is 12.8 Å². The number of rotatable bonds is 4. The van der Waals surface area contributed by atoms with E-state index in [9.17, 15) is 0 Å². The van der Waals surface area contributed by atoms with Crippen molar-refractivity contribution >= 4 is 0 Å². The van der Waals surface area contributed by atoms with Crippen molar-refractivity contribution in [3.8, 4) is 6.07 Å². The van der Waals surface area contributed by atoms with Gasteiger partial charge in [-0.15, -0.1) is 0 Å². The summed E-state index contributed by atoms with van der Waals surface area (Å²) in [6, 6.07) is 2.39. The Hall–Kier alpha value is -0.590. The molecular formula is C12H23N3. The molecule has 0 aromatic carbocycles. The lowest BCUT2D eigenvalue weighted by Gasteiger charge is -2.35.